The number of rotatable bonds is 7. The Labute approximate surface area is 164 Å². The Hall–Kier alpha value is -3.22. The highest BCUT2D eigenvalue weighted by Crippen LogP contribution is 2.38. The van der Waals surface area contributed by atoms with Crippen LogP contribution in [0.4, 0.5) is 5.95 Å². The fourth-order valence-electron chi connectivity index (χ4n) is 3.30. The lowest BCUT2D eigenvalue weighted by molar-refractivity contribution is 0.297. The van der Waals surface area contributed by atoms with Crippen LogP contribution < -0.4 is 20.5 Å². The Morgan fingerprint density at radius 1 is 1.07 bits per heavy atom. The molecule has 0 bridgehead atoms. The molecule has 0 fully saturated rings. The molecular weight excluding hydrogens is 354 g/mol. The van der Waals surface area contributed by atoms with Gasteiger partial charge >= 0.3 is 0 Å². The Morgan fingerprint density at radius 2 is 1.86 bits per heavy atom. The molecule has 1 aliphatic heterocycles. The highest BCUT2D eigenvalue weighted by Gasteiger charge is 2.27. The van der Waals surface area contributed by atoms with Crippen LogP contribution in [-0.2, 0) is 0 Å². The lowest BCUT2D eigenvalue weighted by Gasteiger charge is -2.25. The maximum atomic E-state index is 6.07. The van der Waals surface area contributed by atoms with Crippen LogP contribution in [0.1, 0.15) is 38.4 Å². The average molecular weight is 379 g/mol. The summed E-state index contributed by atoms with van der Waals surface area (Å²) in [6.45, 7) is 5.45. The van der Waals surface area contributed by atoms with Crippen LogP contribution in [-0.4, -0.2) is 28.7 Å². The molecule has 0 radical (unpaired) electrons. The van der Waals surface area contributed by atoms with Crippen LogP contribution in [0.5, 0.6) is 11.5 Å². The van der Waals surface area contributed by atoms with E-state index >= 15 is 0 Å². The van der Waals surface area contributed by atoms with Crippen molar-refractivity contribution < 1.29 is 9.47 Å². The first-order chi connectivity index (χ1) is 13.7. The zero-order chi connectivity index (χ0) is 19.5. The smallest absolute Gasteiger partial charge is 0.212 e. The van der Waals surface area contributed by atoms with Gasteiger partial charge in [-0.05, 0) is 37.1 Å². The van der Waals surface area contributed by atoms with Gasteiger partial charge in [0.25, 0.3) is 0 Å². The number of hydrogen-bond donors (Lipinski definition) is 2. The summed E-state index contributed by atoms with van der Waals surface area (Å²) >= 11 is 0. The predicted octanol–water partition coefficient (Wildman–Crippen LogP) is 3.90. The van der Waals surface area contributed by atoms with Crippen molar-refractivity contribution in [2.45, 2.75) is 32.9 Å². The maximum Gasteiger partial charge on any atom is 0.212 e. The molecule has 1 atom stereocenters. The number of nitrogens with two attached hydrogens (primary N) is 1. The molecule has 1 unspecified atom stereocenters. The van der Waals surface area contributed by atoms with Crippen LogP contribution in [0.3, 0.4) is 0 Å². The largest absolute Gasteiger partial charge is 0.493 e. The minimum Gasteiger partial charge on any atom is -0.493 e. The molecule has 4 rings (SSSR count). The molecule has 0 aliphatic carbocycles. The number of ether oxygens (including phenoxy) is 2. The average Bonchev–Trinajstić information content (AvgIpc) is 3.08. The number of aliphatic imine (C=N–C) groups is 1. The molecule has 28 heavy (non-hydrogen) atoms. The summed E-state index contributed by atoms with van der Waals surface area (Å²) in [5.41, 5.74) is 8.86. The van der Waals surface area contributed by atoms with Crippen molar-refractivity contribution in [2.24, 2.45) is 10.7 Å². The SMILES string of the molecule is CCCOc1ccc(C2N=C(N)Nc3nc4ccccc4n32)c(OCCC)c1. The molecule has 0 saturated carbocycles. The Balaban J connectivity index is 1.82. The van der Waals surface area contributed by atoms with E-state index in [9.17, 15) is 0 Å². The summed E-state index contributed by atoms with van der Waals surface area (Å²) in [5, 5.41) is 3.07. The molecular formula is C21H25N5O2. The van der Waals surface area contributed by atoms with Gasteiger partial charge in [0.1, 0.15) is 11.5 Å². The molecule has 2 heterocycles. The van der Waals surface area contributed by atoms with Crippen molar-refractivity contribution in [1.29, 1.82) is 0 Å². The molecule has 146 valence electrons. The first-order valence-electron chi connectivity index (χ1n) is 9.68. The van der Waals surface area contributed by atoms with Gasteiger partial charge in [0.05, 0.1) is 24.2 Å². The first kappa shape index (κ1) is 18.2. The third-order valence-corrected chi connectivity index (χ3v) is 4.54. The molecule has 1 aliphatic rings. The van der Waals surface area contributed by atoms with Crippen LogP contribution in [0, 0.1) is 0 Å². The van der Waals surface area contributed by atoms with Crippen molar-refractivity contribution >= 4 is 22.9 Å². The minimum absolute atomic E-state index is 0.334. The van der Waals surface area contributed by atoms with Gasteiger partial charge in [-0.2, -0.15) is 0 Å². The summed E-state index contributed by atoms with van der Waals surface area (Å²) in [7, 11) is 0. The van der Waals surface area contributed by atoms with E-state index in [4.69, 9.17) is 15.2 Å². The summed E-state index contributed by atoms with van der Waals surface area (Å²) in [6, 6.07) is 13.9. The molecule has 3 N–H and O–H groups in total. The van der Waals surface area contributed by atoms with Crippen LogP contribution in [0.2, 0.25) is 0 Å². The molecule has 0 amide bonds. The van der Waals surface area contributed by atoms with Gasteiger partial charge in [0.15, 0.2) is 12.1 Å². The van der Waals surface area contributed by atoms with E-state index in [-0.39, 0.29) is 6.17 Å². The van der Waals surface area contributed by atoms with Gasteiger partial charge in [-0.3, -0.25) is 9.88 Å². The third-order valence-electron chi connectivity index (χ3n) is 4.54. The van der Waals surface area contributed by atoms with Crippen LogP contribution >= 0.6 is 0 Å². The van der Waals surface area contributed by atoms with Gasteiger partial charge < -0.3 is 15.2 Å². The van der Waals surface area contributed by atoms with E-state index in [1.54, 1.807) is 0 Å². The number of para-hydroxylation sites is 2. The highest BCUT2D eigenvalue weighted by atomic mass is 16.5. The lowest BCUT2D eigenvalue weighted by Crippen LogP contribution is -2.31. The topological polar surface area (TPSA) is 86.7 Å². The van der Waals surface area contributed by atoms with Crippen molar-refractivity contribution in [2.75, 3.05) is 18.5 Å². The van der Waals surface area contributed by atoms with Gasteiger partial charge in [-0.1, -0.05) is 26.0 Å². The van der Waals surface area contributed by atoms with Crippen molar-refractivity contribution in [3.8, 4) is 11.5 Å². The van der Waals surface area contributed by atoms with Gasteiger partial charge in [-0.15, -0.1) is 0 Å². The summed E-state index contributed by atoms with van der Waals surface area (Å²) in [4.78, 5) is 9.32. The quantitative estimate of drug-likeness (QED) is 0.650. The molecule has 7 heteroatoms. The lowest BCUT2D eigenvalue weighted by atomic mass is 10.1. The number of nitrogens with one attached hydrogen (secondary N) is 1. The van der Waals surface area contributed by atoms with Crippen LogP contribution in [0.25, 0.3) is 11.0 Å². The number of guanidine groups is 1. The van der Waals surface area contributed by atoms with E-state index in [0.717, 1.165) is 40.9 Å². The number of anilines is 1. The normalized spacial score (nSPS) is 15.6. The van der Waals surface area contributed by atoms with E-state index in [0.29, 0.717) is 25.1 Å². The minimum atomic E-state index is -0.365. The summed E-state index contributed by atoms with van der Waals surface area (Å²) < 4.78 is 13.9. The Bertz CT molecular complexity index is 1010. The first-order valence-corrected chi connectivity index (χ1v) is 9.68. The molecule has 7 nitrogen and oxygen atoms in total. The van der Waals surface area contributed by atoms with E-state index in [1.807, 2.05) is 47.0 Å². The van der Waals surface area contributed by atoms with E-state index < -0.39 is 0 Å². The predicted molar refractivity (Wildman–Crippen MR) is 111 cm³/mol. The zero-order valence-electron chi connectivity index (χ0n) is 16.2. The Kier molecular flexibility index (Phi) is 5.06. The number of fused-ring (bicyclic) bond motifs is 3. The molecule has 0 saturated heterocycles. The second-order valence-electron chi connectivity index (χ2n) is 6.70. The van der Waals surface area contributed by atoms with Gasteiger partial charge in [-0.25, -0.2) is 9.98 Å². The van der Waals surface area contributed by atoms with Gasteiger partial charge in [0.2, 0.25) is 5.95 Å². The molecule has 0 spiro atoms. The second-order valence-corrected chi connectivity index (χ2v) is 6.70. The highest BCUT2D eigenvalue weighted by molar-refractivity contribution is 5.94. The number of imidazole rings is 1. The standard InChI is InChI=1S/C21H25N5O2/c1-3-11-27-14-9-10-15(18(13-14)28-12-4-2)19-24-20(22)25-21-23-16-7-5-6-8-17(16)26(19)21/h5-10,13,19H,3-4,11-12H2,1-2H3,(H3,22,23,24,25). The fourth-order valence-corrected chi connectivity index (χ4v) is 3.30. The fraction of sp³-hybridized carbons (Fsp3) is 0.333. The molecule has 2 aromatic carbocycles. The monoisotopic (exact) mass is 379 g/mol. The number of aromatic nitrogens is 2. The number of hydrogen-bond acceptors (Lipinski definition) is 6. The maximum absolute atomic E-state index is 6.07. The zero-order valence-corrected chi connectivity index (χ0v) is 16.2. The van der Waals surface area contributed by atoms with Crippen molar-refractivity contribution in [3.05, 3.63) is 48.0 Å². The molecule has 1 aromatic heterocycles. The Morgan fingerprint density at radius 3 is 2.68 bits per heavy atom. The summed E-state index contributed by atoms with van der Waals surface area (Å²) in [5.74, 6) is 2.55. The van der Waals surface area contributed by atoms with Crippen molar-refractivity contribution in [3.63, 3.8) is 0 Å². The second kappa shape index (κ2) is 7.80. The van der Waals surface area contributed by atoms with E-state index in [1.165, 1.54) is 0 Å². The number of benzene rings is 2. The van der Waals surface area contributed by atoms with Crippen molar-refractivity contribution in [1.82, 2.24) is 9.55 Å². The van der Waals surface area contributed by atoms with E-state index in [2.05, 4.69) is 29.1 Å². The molecule has 3 aromatic rings. The number of nitrogens with zero attached hydrogens (tertiary/aromatic N) is 3. The van der Waals surface area contributed by atoms with Crippen LogP contribution in [0.15, 0.2) is 47.5 Å². The summed E-state index contributed by atoms with van der Waals surface area (Å²) in [6.07, 6.45) is 1.50. The third kappa shape index (κ3) is 3.35. The van der Waals surface area contributed by atoms with Gasteiger partial charge in [0, 0.05) is 11.6 Å².